The molecule has 0 aliphatic carbocycles. The number of likely N-dealkylation sites (N-methyl/N-ethyl adjacent to an activating group) is 1. The topological polar surface area (TPSA) is 69.6 Å². The van der Waals surface area contributed by atoms with Crippen LogP contribution in [0, 0.1) is 6.92 Å². The Morgan fingerprint density at radius 2 is 2.15 bits per heavy atom. The molecule has 1 unspecified atom stereocenters. The predicted octanol–water partition coefficient (Wildman–Crippen LogP) is 1.40. The van der Waals surface area contributed by atoms with Gasteiger partial charge in [0.05, 0.1) is 0 Å². The highest BCUT2D eigenvalue weighted by atomic mass is 16.4. The zero-order chi connectivity index (χ0) is 14.7. The molecular formula is C14H22N4O2. The van der Waals surface area contributed by atoms with Crippen LogP contribution in [0.3, 0.4) is 0 Å². The molecule has 2 heterocycles. The van der Waals surface area contributed by atoms with E-state index < -0.39 is 5.97 Å². The van der Waals surface area contributed by atoms with E-state index in [0.717, 1.165) is 32.6 Å². The molecule has 0 amide bonds. The standard InChI is InChI=1S/C14H22N4O2/c1-4-17(5-2)11-6-7-18(9-11)14-15-10(3)8-12(16-14)13(19)20/h8,11H,4-7,9H2,1-3H3,(H,19,20). The normalized spacial score (nSPS) is 18.8. The maximum absolute atomic E-state index is 11.1. The molecule has 1 fully saturated rings. The van der Waals surface area contributed by atoms with Gasteiger partial charge in [-0.05, 0) is 32.5 Å². The zero-order valence-corrected chi connectivity index (χ0v) is 12.3. The van der Waals surface area contributed by atoms with E-state index in [4.69, 9.17) is 5.11 Å². The van der Waals surface area contributed by atoms with Crippen LogP contribution in [0.1, 0.15) is 36.5 Å². The van der Waals surface area contributed by atoms with E-state index >= 15 is 0 Å². The number of rotatable bonds is 5. The van der Waals surface area contributed by atoms with E-state index in [1.807, 2.05) is 0 Å². The van der Waals surface area contributed by atoms with Crippen molar-refractivity contribution in [3.05, 3.63) is 17.5 Å². The Labute approximate surface area is 119 Å². The Bertz CT molecular complexity index is 488. The van der Waals surface area contributed by atoms with E-state index in [1.165, 1.54) is 6.07 Å². The minimum atomic E-state index is -1.00. The summed E-state index contributed by atoms with van der Waals surface area (Å²) in [5, 5.41) is 9.08. The lowest BCUT2D eigenvalue weighted by atomic mass is 10.2. The van der Waals surface area contributed by atoms with Crippen LogP contribution in [0.2, 0.25) is 0 Å². The molecule has 0 aromatic carbocycles. The quantitative estimate of drug-likeness (QED) is 0.878. The number of aromatic nitrogens is 2. The van der Waals surface area contributed by atoms with Crippen molar-refractivity contribution in [3.8, 4) is 0 Å². The number of carboxylic acids is 1. The number of anilines is 1. The molecular weight excluding hydrogens is 256 g/mol. The summed E-state index contributed by atoms with van der Waals surface area (Å²) in [7, 11) is 0. The van der Waals surface area contributed by atoms with Crippen LogP contribution in [0.25, 0.3) is 0 Å². The van der Waals surface area contributed by atoms with Gasteiger partial charge in [-0.25, -0.2) is 14.8 Å². The van der Waals surface area contributed by atoms with Crippen molar-refractivity contribution in [2.45, 2.75) is 33.2 Å². The second-order valence-corrected chi connectivity index (χ2v) is 5.11. The van der Waals surface area contributed by atoms with E-state index in [0.29, 0.717) is 17.7 Å². The third-order valence-electron chi connectivity index (χ3n) is 3.84. The van der Waals surface area contributed by atoms with Crippen LogP contribution in [-0.4, -0.2) is 58.2 Å². The average molecular weight is 278 g/mol. The third kappa shape index (κ3) is 3.07. The molecule has 0 saturated carbocycles. The lowest BCUT2D eigenvalue weighted by Gasteiger charge is -2.26. The van der Waals surface area contributed by atoms with Gasteiger partial charge < -0.3 is 10.0 Å². The predicted molar refractivity (Wildman–Crippen MR) is 77.3 cm³/mol. The molecule has 110 valence electrons. The summed E-state index contributed by atoms with van der Waals surface area (Å²) in [6, 6.07) is 2.01. The van der Waals surface area contributed by atoms with E-state index in [2.05, 4.69) is 33.6 Å². The van der Waals surface area contributed by atoms with Crippen molar-refractivity contribution in [3.63, 3.8) is 0 Å². The average Bonchev–Trinajstić information content (AvgIpc) is 2.89. The van der Waals surface area contributed by atoms with Crippen molar-refractivity contribution < 1.29 is 9.90 Å². The van der Waals surface area contributed by atoms with Gasteiger partial charge in [-0.3, -0.25) is 4.90 Å². The van der Waals surface area contributed by atoms with Crippen LogP contribution in [-0.2, 0) is 0 Å². The minimum Gasteiger partial charge on any atom is -0.477 e. The van der Waals surface area contributed by atoms with E-state index in [-0.39, 0.29) is 5.69 Å². The molecule has 20 heavy (non-hydrogen) atoms. The van der Waals surface area contributed by atoms with Crippen molar-refractivity contribution in [2.75, 3.05) is 31.1 Å². The first-order valence-corrected chi connectivity index (χ1v) is 7.13. The molecule has 0 radical (unpaired) electrons. The second kappa shape index (κ2) is 6.17. The highest BCUT2D eigenvalue weighted by molar-refractivity contribution is 5.85. The van der Waals surface area contributed by atoms with Gasteiger partial charge in [0.1, 0.15) is 0 Å². The van der Waals surface area contributed by atoms with Gasteiger partial charge in [-0.2, -0.15) is 0 Å². The Balaban J connectivity index is 2.15. The smallest absolute Gasteiger partial charge is 0.354 e. The van der Waals surface area contributed by atoms with E-state index in [9.17, 15) is 4.79 Å². The number of hydrogen-bond acceptors (Lipinski definition) is 5. The van der Waals surface area contributed by atoms with Crippen LogP contribution in [0.4, 0.5) is 5.95 Å². The lowest BCUT2D eigenvalue weighted by molar-refractivity contribution is 0.0690. The molecule has 1 aromatic rings. The number of aryl methyl sites for hydroxylation is 1. The fourth-order valence-electron chi connectivity index (χ4n) is 2.77. The highest BCUT2D eigenvalue weighted by Crippen LogP contribution is 2.20. The second-order valence-electron chi connectivity index (χ2n) is 5.11. The molecule has 1 aliphatic heterocycles. The lowest BCUT2D eigenvalue weighted by Crippen LogP contribution is -2.37. The van der Waals surface area contributed by atoms with Crippen molar-refractivity contribution in [1.82, 2.24) is 14.9 Å². The van der Waals surface area contributed by atoms with Crippen LogP contribution < -0.4 is 4.90 Å². The summed E-state index contributed by atoms with van der Waals surface area (Å²) in [5.41, 5.74) is 0.762. The van der Waals surface area contributed by atoms with Crippen molar-refractivity contribution in [1.29, 1.82) is 0 Å². The van der Waals surface area contributed by atoms with Crippen molar-refractivity contribution >= 4 is 11.9 Å². The monoisotopic (exact) mass is 278 g/mol. The molecule has 0 spiro atoms. The highest BCUT2D eigenvalue weighted by Gasteiger charge is 2.28. The Morgan fingerprint density at radius 3 is 2.75 bits per heavy atom. The fraction of sp³-hybridized carbons (Fsp3) is 0.643. The number of hydrogen-bond donors (Lipinski definition) is 1. The summed E-state index contributed by atoms with van der Waals surface area (Å²) in [4.78, 5) is 24.1. The van der Waals surface area contributed by atoms with Gasteiger partial charge in [0.25, 0.3) is 0 Å². The zero-order valence-electron chi connectivity index (χ0n) is 12.3. The fourth-order valence-corrected chi connectivity index (χ4v) is 2.77. The number of carbonyl (C=O) groups is 1. The maximum atomic E-state index is 11.1. The molecule has 1 atom stereocenters. The molecule has 1 aromatic heterocycles. The van der Waals surface area contributed by atoms with Gasteiger partial charge in [0, 0.05) is 24.8 Å². The number of nitrogens with zero attached hydrogens (tertiary/aromatic N) is 4. The third-order valence-corrected chi connectivity index (χ3v) is 3.84. The van der Waals surface area contributed by atoms with Gasteiger partial charge in [0.15, 0.2) is 5.69 Å². The summed E-state index contributed by atoms with van der Waals surface area (Å²) < 4.78 is 0. The largest absolute Gasteiger partial charge is 0.477 e. The number of aromatic carboxylic acids is 1. The van der Waals surface area contributed by atoms with E-state index in [1.54, 1.807) is 6.92 Å². The Kier molecular flexibility index (Phi) is 4.54. The molecule has 6 heteroatoms. The SMILES string of the molecule is CCN(CC)C1CCN(c2nc(C)cc(C(=O)O)n2)C1. The molecule has 2 rings (SSSR count). The van der Waals surface area contributed by atoms with Gasteiger partial charge >= 0.3 is 5.97 Å². The van der Waals surface area contributed by atoms with Crippen LogP contribution >= 0.6 is 0 Å². The van der Waals surface area contributed by atoms with Crippen LogP contribution in [0.15, 0.2) is 6.07 Å². The first-order valence-electron chi connectivity index (χ1n) is 7.13. The maximum Gasteiger partial charge on any atom is 0.354 e. The first kappa shape index (κ1) is 14.7. The Morgan fingerprint density at radius 1 is 1.45 bits per heavy atom. The minimum absolute atomic E-state index is 0.0683. The van der Waals surface area contributed by atoms with Gasteiger partial charge in [-0.15, -0.1) is 0 Å². The van der Waals surface area contributed by atoms with Crippen molar-refractivity contribution in [2.24, 2.45) is 0 Å². The van der Waals surface area contributed by atoms with Crippen LogP contribution in [0.5, 0.6) is 0 Å². The number of carboxylic acid groups (broad SMARTS) is 1. The molecule has 1 aliphatic rings. The molecule has 1 N–H and O–H groups in total. The summed E-state index contributed by atoms with van der Waals surface area (Å²) >= 11 is 0. The Hall–Kier alpha value is -1.69. The molecule has 6 nitrogen and oxygen atoms in total. The summed E-state index contributed by atoms with van der Waals surface area (Å²) in [6.45, 7) is 9.94. The first-order chi connectivity index (χ1) is 9.55. The summed E-state index contributed by atoms with van der Waals surface area (Å²) in [5.74, 6) is -0.465. The molecule has 1 saturated heterocycles. The van der Waals surface area contributed by atoms with Gasteiger partial charge in [-0.1, -0.05) is 13.8 Å². The summed E-state index contributed by atoms with van der Waals surface area (Å²) in [6.07, 6.45) is 1.07. The van der Waals surface area contributed by atoms with Gasteiger partial charge in [0.2, 0.25) is 5.95 Å². The molecule has 0 bridgehead atoms.